The number of aromatic nitrogens is 1. The molecule has 2 nitrogen and oxygen atoms in total. The average molecular weight is 347 g/mol. The molecule has 0 fully saturated rings. The fraction of sp³-hybridized carbons (Fsp3) is 0.250. The summed E-state index contributed by atoms with van der Waals surface area (Å²) in [6, 6.07) is 9.13. The molecular formula is C12H16ClNOSb. The molecule has 0 unspecified atom stereocenters. The Morgan fingerprint density at radius 2 is 1.69 bits per heavy atom. The number of pyridine rings is 1. The normalized spacial score (nSPS) is 10.8. The summed E-state index contributed by atoms with van der Waals surface area (Å²) in [7, 11) is 5.73. The predicted octanol–water partition coefficient (Wildman–Crippen LogP) is 4.00. The molecule has 4 heteroatoms. The molecule has 0 atom stereocenters. The Bertz CT molecular complexity index is 457. The number of benzene rings is 1. The number of phenols is 1. The Hall–Kier alpha value is -0.462. The van der Waals surface area contributed by atoms with Crippen LogP contribution in [0.1, 0.15) is 0 Å². The van der Waals surface area contributed by atoms with E-state index in [0.717, 1.165) is 5.39 Å². The maximum absolute atomic E-state index is 9.31. The molecule has 2 rings (SSSR count). The predicted molar refractivity (Wildman–Crippen MR) is 72.6 cm³/mol. The molecular weight excluding hydrogens is 331 g/mol. The number of aromatic hydroxyl groups is 1. The van der Waals surface area contributed by atoms with E-state index in [0.29, 0.717) is 5.52 Å². The minimum atomic E-state index is -1.63. The zero-order valence-corrected chi connectivity index (χ0v) is 13.0. The van der Waals surface area contributed by atoms with Crippen LogP contribution in [-0.2, 0) is 0 Å². The molecule has 0 spiro atoms. The van der Waals surface area contributed by atoms with Crippen molar-refractivity contribution in [3.05, 3.63) is 36.5 Å². The van der Waals surface area contributed by atoms with Gasteiger partial charge in [0, 0.05) is 11.6 Å². The van der Waals surface area contributed by atoms with E-state index in [1.807, 2.05) is 18.2 Å². The van der Waals surface area contributed by atoms with Crippen LogP contribution in [0.15, 0.2) is 36.5 Å². The summed E-state index contributed by atoms with van der Waals surface area (Å²) in [5, 5.41) is 10.3. The van der Waals surface area contributed by atoms with E-state index in [-0.39, 0.29) is 5.75 Å². The van der Waals surface area contributed by atoms with Crippen LogP contribution < -0.4 is 0 Å². The molecule has 0 saturated carbocycles. The SMILES string of the molecule is Oc1cccc2cccnc12.[CH3][Sb]([CH3])([CH3])[Cl]. The van der Waals surface area contributed by atoms with Crippen molar-refractivity contribution < 1.29 is 5.11 Å². The van der Waals surface area contributed by atoms with Crippen LogP contribution >= 0.6 is 8.83 Å². The van der Waals surface area contributed by atoms with E-state index in [9.17, 15) is 5.11 Å². The monoisotopic (exact) mass is 346 g/mol. The topological polar surface area (TPSA) is 33.1 Å². The number of fused-ring (bicyclic) bond motifs is 1. The number of hydrogen-bond acceptors (Lipinski definition) is 2. The van der Waals surface area contributed by atoms with Crippen molar-refractivity contribution in [3.8, 4) is 5.75 Å². The van der Waals surface area contributed by atoms with Crippen molar-refractivity contribution in [2.24, 2.45) is 0 Å². The quantitative estimate of drug-likeness (QED) is 0.731. The number of halogens is 1. The van der Waals surface area contributed by atoms with E-state index >= 15 is 0 Å². The van der Waals surface area contributed by atoms with Gasteiger partial charge in [-0.1, -0.05) is 18.2 Å². The van der Waals surface area contributed by atoms with Gasteiger partial charge in [-0.05, 0) is 12.1 Å². The molecule has 1 heterocycles. The van der Waals surface area contributed by atoms with Gasteiger partial charge in [0.1, 0.15) is 11.3 Å². The molecule has 1 aromatic carbocycles. The van der Waals surface area contributed by atoms with Crippen LogP contribution in [0.2, 0.25) is 14.6 Å². The molecule has 87 valence electrons. The average Bonchev–Trinajstić information content (AvgIpc) is 2.16. The first-order chi connectivity index (χ1) is 7.38. The first-order valence-electron chi connectivity index (χ1n) is 4.92. The second kappa shape index (κ2) is 5.74. The van der Waals surface area contributed by atoms with Crippen LogP contribution in [0.5, 0.6) is 5.75 Å². The molecule has 1 N–H and O–H groups in total. The molecule has 0 bridgehead atoms. The molecule has 0 aliphatic carbocycles. The third-order valence-electron chi connectivity index (χ3n) is 1.61. The number of hydrogen-bond donors (Lipinski definition) is 1. The standard InChI is InChI=1S/C9H7NO.3CH3.ClH.Sb/c11-8-5-1-3-7-4-2-6-10-9(7)8;;;;;/h1-6,11H;3*1H3;1H;/q;;;;;+1/p-1. The maximum atomic E-state index is 9.31. The van der Waals surface area contributed by atoms with Crippen LogP contribution in [0.3, 0.4) is 0 Å². The fourth-order valence-electron chi connectivity index (χ4n) is 1.09. The Morgan fingerprint density at radius 1 is 1.12 bits per heavy atom. The molecule has 0 amide bonds. The van der Waals surface area contributed by atoms with Gasteiger partial charge in [-0.2, -0.15) is 0 Å². The van der Waals surface area contributed by atoms with Gasteiger partial charge in [0.05, 0.1) is 0 Å². The molecule has 0 saturated heterocycles. The summed E-state index contributed by atoms with van der Waals surface area (Å²) in [6.07, 6.45) is 1.67. The van der Waals surface area contributed by atoms with Crippen LogP contribution in [-0.4, -0.2) is 27.8 Å². The third kappa shape index (κ3) is 5.05. The second-order valence-corrected chi connectivity index (χ2v) is 21.6. The number of rotatable bonds is 0. The second-order valence-electron chi connectivity index (χ2n) is 4.20. The van der Waals surface area contributed by atoms with Crippen molar-refractivity contribution in [2.45, 2.75) is 14.6 Å². The number of para-hydroxylation sites is 1. The summed E-state index contributed by atoms with van der Waals surface area (Å²) >= 11 is -1.63. The first-order valence-corrected chi connectivity index (χ1v) is 15.8. The molecule has 0 aliphatic heterocycles. The third-order valence-corrected chi connectivity index (χ3v) is 1.61. The number of nitrogens with zero attached hydrogens (tertiary/aromatic N) is 1. The van der Waals surface area contributed by atoms with Gasteiger partial charge in [-0.3, -0.25) is 4.98 Å². The van der Waals surface area contributed by atoms with Crippen molar-refractivity contribution in [2.75, 3.05) is 0 Å². The van der Waals surface area contributed by atoms with E-state index in [4.69, 9.17) is 8.83 Å². The van der Waals surface area contributed by atoms with Gasteiger partial charge < -0.3 is 5.11 Å². The fourth-order valence-corrected chi connectivity index (χ4v) is 1.09. The van der Waals surface area contributed by atoms with Crippen molar-refractivity contribution >= 4 is 37.4 Å². The van der Waals surface area contributed by atoms with Crippen LogP contribution in [0, 0.1) is 0 Å². The summed E-state index contributed by atoms with van der Waals surface area (Å²) in [6.45, 7) is 0. The Labute approximate surface area is 104 Å². The Morgan fingerprint density at radius 3 is 2.25 bits per heavy atom. The zero-order chi connectivity index (χ0) is 12.2. The Balaban J connectivity index is 0.000000221. The van der Waals surface area contributed by atoms with Gasteiger partial charge in [0.25, 0.3) is 0 Å². The van der Waals surface area contributed by atoms with Gasteiger partial charge in [-0.15, -0.1) is 0 Å². The van der Waals surface area contributed by atoms with Crippen LogP contribution in [0.25, 0.3) is 10.9 Å². The van der Waals surface area contributed by atoms with E-state index < -0.39 is 17.7 Å². The van der Waals surface area contributed by atoms with E-state index in [2.05, 4.69) is 19.6 Å². The number of phenolic OH excluding ortho intramolecular Hbond substituents is 1. The molecule has 1 aromatic heterocycles. The van der Waals surface area contributed by atoms with Crippen LogP contribution in [0.4, 0.5) is 0 Å². The molecule has 1 radical (unpaired) electrons. The molecule has 0 aliphatic rings. The molecule has 16 heavy (non-hydrogen) atoms. The summed E-state index contributed by atoms with van der Waals surface area (Å²) in [4.78, 5) is 10.5. The van der Waals surface area contributed by atoms with Gasteiger partial charge >= 0.3 is 41.1 Å². The van der Waals surface area contributed by atoms with Crippen molar-refractivity contribution in [3.63, 3.8) is 0 Å². The minimum absolute atomic E-state index is 0.239. The summed E-state index contributed by atoms with van der Waals surface area (Å²) in [5.41, 5.74) is 0.662. The van der Waals surface area contributed by atoms with Crippen molar-refractivity contribution in [1.29, 1.82) is 0 Å². The van der Waals surface area contributed by atoms with Crippen molar-refractivity contribution in [1.82, 2.24) is 4.98 Å². The van der Waals surface area contributed by atoms with Gasteiger partial charge in [0.2, 0.25) is 0 Å². The van der Waals surface area contributed by atoms with E-state index in [1.54, 1.807) is 18.3 Å². The summed E-state index contributed by atoms with van der Waals surface area (Å²) in [5.74, 6) is 0.239. The molecule has 2 aromatic rings. The first kappa shape index (κ1) is 13.6. The van der Waals surface area contributed by atoms with E-state index in [1.165, 1.54) is 0 Å². The van der Waals surface area contributed by atoms with Gasteiger partial charge in [0.15, 0.2) is 0 Å². The van der Waals surface area contributed by atoms with Gasteiger partial charge in [-0.25, -0.2) is 0 Å². The Kier molecular flexibility index (Phi) is 4.88. The zero-order valence-electron chi connectivity index (χ0n) is 9.68. The summed E-state index contributed by atoms with van der Waals surface area (Å²) < 4.78 is 0.